The van der Waals surface area contributed by atoms with E-state index in [2.05, 4.69) is 17.1 Å². The van der Waals surface area contributed by atoms with Crippen molar-refractivity contribution >= 4 is 33.2 Å². The average Bonchev–Trinajstić information content (AvgIpc) is 3.41. The van der Waals surface area contributed by atoms with Gasteiger partial charge in [0.05, 0.1) is 5.57 Å². The molecule has 1 spiro atoms. The second kappa shape index (κ2) is 9.85. The van der Waals surface area contributed by atoms with Crippen LogP contribution in [0.1, 0.15) is 52.4 Å². The van der Waals surface area contributed by atoms with Crippen molar-refractivity contribution in [1.29, 1.82) is 0 Å². The van der Waals surface area contributed by atoms with Crippen LogP contribution in [0.5, 0.6) is 0 Å². The molecule has 33 heavy (non-hydrogen) atoms. The number of nitrogens with one attached hydrogen (secondary N) is 1. The van der Waals surface area contributed by atoms with Crippen molar-refractivity contribution in [3.05, 3.63) is 28.7 Å². The lowest BCUT2D eigenvalue weighted by atomic mass is 9.83. The molecule has 3 aliphatic rings. The summed E-state index contributed by atoms with van der Waals surface area (Å²) in [6.45, 7) is 6.85. The Balaban J connectivity index is 1.37. The third-order valence-electron chi connectivity index (χ3n) is 7.12. The molecule has 0 bridgehead atoms. The minimum Gasteiger partial charge on any atom is -0.450 e. The van der Waals surface area contributed by atoms with Crippen LogP contribution >= 0.6 is 11.3 Å². The molecular weight excluding hydrogens is 462 g/mol. The number of esters is 1. The first-order valence-corrected chi connectivity index (χ1v) is 14.1. The molecule has 182 valence electrons. The van der Waals surface area contributed by atoms with Gasteiger partial charge < -0.3 is 15.0 Å². The maximum Gasteiger partial charge on any atom is 0.335 e. The fourth-order valence-electron chi connectivity index (χ4n) is 5.17. The summed E-state index contributed by atoms with van der Waals surface area (Å²) < 4.78 is 33.1. The minimum atomic E-state index is -3.57. The fourth-order valence-corrected chi connectivity index (χ4v) is 7.75. The summed E-state index contributed by atoms with van der Waals surface area (Å²) >= 11 is 1.18. The minimum absolute atomic E-state index is 0.199. The zero-order valence-electron chi connectivity index (χ0n) is 19.3. The quantitative estimate of drug-likeness (QED) is 0.461. The van der Waals surface area contributed by atoms with Gasteiger partial charge in [0, 0.05) is 50.6 Å². The van der Waals surface area contributed by atoms with Gasteiger partial charge in [0.15, 0.2) is 0 Å². The van der Waals surface area contributed by atoms with Crippen molar-refractivity contribution in [1.82, 2.24) is 14.5 Å². The maximum atomic E-state index is 13.1. The highest BCUT2D eigenvalue weighted by atomic mass is 32.2. The van der Waals surface area contributed by atoms with Crippen LogP contribution in [-0.2, 0) is 24.3 Å². The Morgan fingerprint density at radius 3 is 2.70 bits per heavy atom. The zero-order valence-corrected chi connectivity index (χ0v) is 21.0. The van der Waals surface area contributed by atoms with E-state index in [1.54, 1.807) is 24.4 Å². The van der Waals surface area contributed by atoms with Crippen molar-refractivity contribution in [2.45, 2.75) is 68.2 Å². The van der Waals surface area contributed by atoms with Gasteiger partial charge in [0.25, 0.3) is 15.9 Å². The molecule has 1 aromatic heterocycles. The Kier molecular flexibility index (Phi) is 7.28. The predicted octanol–water partition coefficient (Wildman–Crippen LogP) is 2.53. The first kappa shape index (κ1) is 24.4. The second-order valence-corrected chi connectivity index (χ2v) is 12.3. The van der Waals surface area contributed by atoms with E-state index in [4.69, 9.17) is 4.74 Å². The SMILES string of the molecule is CC1=C(C(=O)NCCCN2CCCC[C@@H]2C)C2(CCN(S(=O)(=O)c3cccs3)CC2)OC1=O. The molecule has 8 nitrogen and oxygen atoms in total. The lowest BCUT2D eigenvalue weighted by Gasteiger charge is -2.38. The summed E-state index contributed by atoms with van der Waals surface area (Å²) in [6.07, 6.45) is 5.12. The summed E-state index contributed by atoms with van der Waals surface area (Å²) in [4.78, 5) is 28.0. The van der Waals surface area contributed by atoms with Crippen molar-refractivity contribution in [3.8, 4) is 0 Å². The molecule has 0 aliphatic carbocycles. The van der Waals surface area contributed by atoms with Crippen molar-refractivity contribution in [2.24, 2.45) is 0 Å². The van der Waals surface area contributed by atoms with Crippen LogP contribution in [0, 0.1) is 0 Å². The largest absolute Gasteiger partial charge is 0.450 e. The number of hydrogen-bond acceptors (Lipinski definition) is 7. The number of thiophene rings is 1. The third-order valence-corrected chi connectivity index (χ3v) is 10.4. The van der Waals surface area contributed by atoms with Crippen LogP contribution < -0.4 is 5.32 Å². The molecule has 2 fully saturated rings. The molecule has 1 amide bonds. The number of sulfonamides is 1. The summed E-state index contributed by atoms with van der Waals surface area (Å²) in [5.41, 5.74) is -0.354. The number of nitrogens with zero attached hydrogens (tertiary/aromatic N) is 2. The Hall–Kier alpha value is -1.75. The Morgan fingerprint density at radius 1 is 1.27 bits per heavy atom. The summed E-state index contributed by atoms with van der Waals surface area (Å²) in [6, 6.07) is 3.88. The van der Waals surface area contributed by atoms with E-state index >= 15 is 0 Å². The molecule has 10 heteroatoms. The van der Waals surface area contributed by atoms with Gasteiger partial charge >= 0.3 is 5.97 Å². The van der Waals surface area contributed by atoms with Gasteiger partial charge in [-0.3, -0.25) is 4.79 Å². The fraction of sp³-hybridized carbons (Fsp3) is 0.652. The first-order valence-electron chi connectivity index (χ1n) is 11.8. The molecule has 2 saturated heterocycles. The van der Waals surface area contributed by atoms with Gasteiger partial charge in [-0.25, -0.2) is 13.2 Å². The van der Waals surface area contributed by atoms with E-state index in [0.717, 1.165) is 19.5 Å². The number of carbonyl (C=O) groups is 2. The number of rotatable bonds is 7. The van der Waals surface area contributed by atoms with Crippen molar-refractivity contribution < 1.29 is 22.7 Å². The van der Waals surface area contributed by atoms with E-state index in [-0.39, 0.29) is 31.8 Å². The van der Waals surface area contributed by atoms with Gasteiger partial charge in [0.2, 0.25) is 0 Å². The van der Waals surface area contributed by atoms with Crippen LogP contribution in [0.15, 0.2) is 32.9 Å². The third kappa shape index (κ3) is 4.89. The van der Waals surface area contributed by atoms with E-state index in [1.165, 1.54) is 34.9 Å². The van der Waals surface area contributed by atoms with E-state index in [9.17, 15) is 18.0 Å². The molecule has 0 unspecified atom stereocenters. The summed E-state index contributed by atoms with van der Waals surface area (Å²) in [7, 11) is -3.57. The van der Waals surface area contributed by atoms with Crippen LogP contribution in [-0.4, -0.2) is 73.9 Å². The highest BCUT2D eigenvalue weighted by Gasteiger charge is 2.52. The summed E-state index contributed by atoms with van der Waals surface area (Å²) in [5.74, 6) is -0.767. The number of likely N-dealkylation sites (tertiary alicyclic amines) is 1. The normalized spacial score (nSPS) is 24.3. The zero-order chi connectivity index (χ0) is 23.6. The number of ether oxygens (including phenoxy) is 1. The molecule has 0 aromatic carbocycles. The average molecular weight is 496 g/mol. The highest BCUT2D eigenvalue weighted by molar-refractivity contribution is 7.91. The van der Waals surface area contributed by atoms with E-state index in [1.807, 2.05) is 0 Å². The molecule has 1 N–H and O–H groups in total. The second-order valence-electron chi connectivity index (χ2n) is 9.21. The molecule has 4 rings (SSSR count). The van der Waals surface area contributed by atoms with Crippen LogP contribution in [0.2, 0.25) is 0 Å². The molecule has 0 radical (unpaired) electrons. The molecule has 1 atom stereocenters. The van der Waals surface area contributed by atoms with Crippen LogP contribution in [0.25, 0.3) is 0 Å². The van der Waals surface area contributed by atoms with Gasteiger partial charge in [0.1, 0.15) is 9.81 Å². The predicted molar refractivity (Wildman–Crippen MR) is 126 cm³/mol. The molecule has 3 aliphatic heterocycles. The number of hydrogen-bond donors (Lipinski definition) is 1. The van der Waals surface area contributed by atoms with Crippen molar-refractivity contribution in [2.75, 3.05) is 32.7 Å². The maximum absolute atomic E-state index is 13.1. The lowest BCUT2D eigenvalue weighted by molar-refractivity contribution is -0.150. The van der Waals surface area contributed by atoms with Crippen LogP contribution in [0.4, 0.5) is 0 Å². The van der Waals surface area contributed by atoms with E-state index < -0.39 is 21.6 Å². The Bertz CT molecular complexity index is 1010. The van der Waals surface area contributed by atoms with Gasteiger partial charge in [-0.15, -0.1) is 11.3 Å². The lowest BCUT2D eigenvalue weighted by Crippen LogP contribution is -2.50. The smallest absolute Gasteiger partial charge is 0.335 e. The number of amides is 1. The standard InChI is InChI=1S/C23H33N3O5S2/c1-17-7-3-4-12-25(17)13-6-11-24-21(27)20-18(2)22(28)31-23(20)9-14-26(15-10-23)33(29,30)19-8-5-16-32-19/h5,8,16-17H,3-4,6-7,9-15H2,1-2H3,(H,24,27)/t17-/m0/s1. The monoisotopic (exact) mass is 495 g/mol. The molecule has 1 aromatic rings. The number of piperidine rings is 2. The first-order chi connectivity index (χ1) is 15.7. The molecule has 0 saturated carbocycles. The summed E-state index contributed by atoms with van der Waals surface area (Å²) in [5, 5.41) is 4.71. The number of carbonyl (C=O) groups excluding carboxylic acids is 2. The van der Waals surface area contributed by atoms with Gasteiger partial charge in [-0.05, 0) is 51.1 Å². The molecule has 4 heterocycles. The van der Waals surface area contributed by atoms with E-state index in [0.29, 0.717) is 27.9 Å². The van der Waals surface area contributed by atoms with Crippen LogP contribution in [0.3, 0.4) is 0 Å². The molecular formula is C23H33N3O5S2. The van der Waals surface area contributed by atoms with Gasteiger partial charge in [-0.1, -0.05) is 12.5 Å². The van der Waals surface area contributed by atoms with Gasteiger partial charge in [-0.2, -0.15) is 4.31 Å². The Morgan fingerprint density at radius 2 is 2.03 bits per heavy atom. The topological polar surface area (TPSA) is 96.0 Å². The Labute approximate surface area is 200 Å². The highest BCUT2D eigenvalue weighted by Crippen LogP contribution is 2.42. The van der Waals surface area contributed by atoms with Crippen molar-refractivity contribution in [3.63, 3.8) is 0 Å².